The fraction of sp³-hybridized carbons (Fsp3) is 0.111. The van der Waals surface area contributed by atoms with Gasteiger partial charge in [-0.15, -0.1) is 11.3 Å². The summed E-state index contributed by atoms with van der Waals surface area (Å²) in [6.07, 6.45) is 0. The van der Waals surface area contributed by atoms with Crippen molar-refractivity contribution < 1.29 is 19.1 Å². The monoisotopic (exact) mass is 403 g/mol. The van der Waals surface area contributed by atoms with Crippen LogP contribution >= 0.6 is 22.9 Å². The molecule has 2 heterocycles. The molecule has 2 aromatic heterocycles. The van der Waals surface area contributed by atoms with Gasteiger partial charge in [-0.1, -0.05) is 35.9 Å². The Morgan fingerprint density at radius 2 is 1.93 bits per heavy atom. The number of benzene rings is 1. The lowest BCUT2D eigenvalue weighted by atomic mass is 10.2. The van der Waals surface area contributed by atoms with Gasteiger partial charge in [-0.2, -0.15) is 5.10 Å². The van der Waals surface area contributed by atoms with Crippen molar-refractivity contribution in [1.82, 2.24) is 15.1 Å². The van der Waals surface area contributed by atoms with E-state index in [9.17, 15) is 14.4 Å². The van der Waals surface area contributed by atoms with Crippen molar-refractivity contribution in [3.05, 3.63) is 69.1 Å². The number of carbonyl (C=O) groups excluding carboxylic acids is 3. The molecule has 0 bridgehead atoms. The normalized spacial score (nSPS) is 10.4. The predicted octanol–water partition coefficient (Wildman–Crippen LogP) is 3.01. The molecule has 0 unspecified atom stereocenters. The Hall–Kier alpha value is -2.97. The van der Waals surface area contributed by atoms with Gasteiger partial charge < -0.3 is 4.74 Å². The van der Waals surface area contributed by atoms with Gasteiger partial charge in [0.15, 0.2) is 6.61 Å². The summed E-state index contributed by atoms with van der Waals surface area (Å²) in [5.74, 6) is -2.07. The topological polar surface area (TPSA) is 90.3 Å². The standard InChI is InChI=1S/C18H14ClN3O4S/c1-11-15(16(19)22(21-11)12-6-3-2-4-7-12)18(25)26-10-14(23)20-17(24)13-8-5-9-27-13/h2-9H,10H2,1H3,(H,20,23,24). The minimum atomic E-state index is -0.793. The molecule has 7 nitrogen and oxygen atoms in total. The van der Waals surface area contributed by atoms with Crippen LogP contribution in [0.2, 0.25) is 5.15 Å². The SMILES string of the molecule is Cc1nn(-c2ccccc2)c(Cl)c1C(=O)OCC(=O)NC(=O)c1cccs1. The maximum Gasteiger partial charge on any atom is 0.343 e. The molecule has 0 aliphatic heterocycles. The van der Waals surface area contributed by atoms with E-state index in [0.717, 1.165) is 0 Å². The van der Waals surface area contributed by atoms with Gasteiger partial charge >= 0.3 is 5.97 Å². The number of imide groups is 1. The molecule has 1 N–H and O–H groups in total. The summed E-state index contributed by atoms with van der Waals surface area (Å²) in [4.78, 5) is 36.3. The van der Waals surface area contributed by atoms with Crippen LogP contribution in [0.3, 0.4) is 0 Å². The molecule has 3 aromatic rings. The Labute approximate surface area is 163 Å². The number of esters is 1. The predicted molar refractivity (Wildman–Crippen MR) is 100 cm³/mol. The van der Waals surface area contributed by atoms with Crippen molar-refractivity contribution >= 4 is 40.7 Å². The van der Waals surface area contributed by atoms with Crippen LogP contribution in [-0.2, 0) is 9.53 Å². The second kappa shape index (κ2) is 8.15. The van der Waals surface area contributed by atoms with Crippen LogP contribution < -0.4 is 5.32 Å². The molecular formula is C18H14ClN3O4S. The fourth-order valence-corrected chi connectivity index (χ4v) is 3.27. The lowest BCUT2D eigenvalue weighted by molar-refractivity contribution is -0.123. The molecule has 3 rings (SSSR count). The van der Waals surface area contributed by atoms with Crippen molar-refractivity contribution in [2.45, 2.75) is 6.92 Å². The van der Waals surface area contributed by atoms with Gasteiger partial charge in [0, 0.05) is 0 Å². The van der Waals surface area contributed by atoms with E-state index in [1.165, 1.54) is 16.0 Å². The van der Waals surface area contributed by atoms with Crippen LogP contribution in [-0.4, -0.2) is 34.2 Å². The molecule has 0 saturated heterocycles. The molecule has 0 radical (unpaired) electrons. The zero-order chi connectivity index (χ0) is 19.4. The van der Waals surface area contributed by atoms with Crippen LogP contribution in [0.15, 0.2) is 47.8 Å². The maximum atomic E-state index is 12.3. The summed E-state index contributed by atoms with van der Waals surface area (Å²) in [6, 6.07) is 12.3. The molecular weight excluding hydrogens is 390 g/mol. The average molecular weight is 404 g/mol. The van der Waals surface area contributed by atoms with Crippen LogP contribution in [0.1, 0.15) is 25.7 Å². The molecule has 0 aliphatic carbocycles. The number of hydrogen-bond donors (Lipinski definition) is 1. The van der Waals surface area contributed by atoms with Crippen LogP contribution in [0.25, 0.3) is 5.69 Å². The fourth-order valence-electron chi connectivity index (χ4n) is 2.31. The number of ether oxygens (including phenoxy) is 1. The molecule has 0 fully saturated rings. The summed E-state index contributed by atoms with van der Waals surface area (Å²) in [5, 5.41) is 8.19. The Kier molecular flexibility index (Phi) is 5.68. The number of aromatic nitrogens is 2. The minimum absolute atomic E-state index is 0.0675. The molecule has 2 amide bonds. The number of nitrogens with zero attached hydrogens (tertiary/aromatic N) is 2. The lowest BCUT2D eigenvalue weighted by Gasteiger charge is -2.05. The summed E-state index contributed by atoms with van der Waals surface area (Å²) in [5.41, 5.74) is 1.12. The van der Waals surface area contributed by atoms with Gasteiger partial charge in [-0.05, 0) is 30.5 Å². The largest absolute Gasteiger partial charge is 0.452 e. The Morgan fingerprint density at radius 1 is 1.19 bits per heavy atom. The van der Waals surface area contributed by atoms with Crippen molar-refractivity contribution in [1.29, 1.82) is 0 Å². The summed E-state index contributed by atoms with van der Waals surface area (Å²) in [6.45, 7) is 1.00. The van der Waals surface area contributed by atoms with Crippen LogP contribution in [0.4, 0.5) is 0 Å². The number of halogens is 1. The molecule has 1 aromatic carbocycles. The van der Waals surface area contributed by atoms with E-state index >= 15 is 0 Å². The van der Waals surface area contributed by atoms with Crippen molar-refractivity contribution in [3.8, 4) is 5.69 Å². The maximum absolute atomic E-state index is 12.3. The molecule has 0 spiro atoms. The van der Waals surface area contributed by atoms with Gasteiger partial charge in [0.05, 0.1) is 16.3 Å². The third-order valence-electron chi connectivity index (χ3n) is 3.54. The van der Waals surface area contributed by atoms with Crippen molar-refractivity contribution in [2.24, 2.45) is 0 Å². The first-order chi connectivity index (χ1) is 13.0. The zero-order valence-corrected chi connectivity index (χ0v) is 15.7. The van der Waals surface area contributed by atoms with E-state index in [-0.39, 0.29) is 10.7 Å². The zero-order valence-electron chi connectivity index (χ0n) is 14.1. The molecule has 27 heavy (non-hydrogen) atoms. The lowest BCUT2D eigenvalue weighted by Crippen LogP contribution is -2.33. The number of amides is 2. The highest BCUT2D eigenvalue weighted by Gasteiger charge is 2.23. The van der Waals surface area contributed by atoms with Gasteiger partial charge in [0.25, 0.3) is 11.8 Å². The number of aryl methyl sites for hydroxylation is 1. The summed E-state index contributed by atoms with van der Waals surface area (Å²) >= 11 is 7.47. The smallest absolute Gasteiger partial charge is 0.343 e. The van der Waals surface area contributed by atoms with Crippen LogP contribution in [0, 0.1) is 6.92 Å². The third kappa shape index (κ3) is 4.24. The van der Waals surface area contributed by atoms with Gasteiger partial charge in [-0.3, -0.25) is 14.9 Å². The molecule has 138 valence electrons. The van der Waals surface area contributed by atoms with Gasteiger partial charge in [-0.25, -0.2) is 9.48 Å². The highest BCUT2D eigenvalue weighted by atomic mass is 35.5. The Balaban J connectivity index is 1.65. The highest BCUT2D eigenvalue weighted by Crippen LogP contribution is 2.24. The van der Waals surface area contributed by atoms with E-state index in [0.29, 0.717) is 16.3 Å². The van der Waals surface area contributed by atoms with Gasteiger partial charge in [0.2, 0.25) is 0 Å². The van der Waals surface area contributed by atoms with E-state index in [2.05, 4.69) is 10.4 Å². The van der Waals surface area contributed by atoms with Crippen molar-refractivity contribution in [3.63, 3.8) is 0 Å². The second-order valence-electron chi connectivity index (χ2n) is 5.43. The van der Waals surface area contributed by atoms with E-state index < -0.39 is 24.4 Å². The van der Waals surface area contributed by atoms with E-state index in [1.807, 2.05) is 18.2 Å². The number of para-hydroxylation sites is 1. The first kappa shape index (κ1) is 18.8. The Morgan fingerprint density at radius 3 is 2.59 bits per heavy atom. The quantitative estimate of drug-likeness (QED) is 0.661. The van der Waals surface area contributed by atoms with Crippen molar-refractivity contribution in [2.75, 3.05) is 6.61 Å². The number of carbonyl (C=O) groups is 3. The molecule has 0 atom stereocenters. The number of rotatable bonds is 5. The highest BCUT2D eigenvalue weighted by molar-refractivity contribution is 7.12. The van der Waals surface area contributed by atoms with E-state index in [4.69, 9.17) is 16.3 Å². The minimum Gasteiger partial charge on any atom is -0.452 e. The first-order valence-corrected chi connectivity index (χ1v) is 9.08. The average Bonchev–Trinajstić information content (AvgIpc) is 3.29. The van der Waals surface area contributed by atoms with Crippen LogP contribution in [0.5, 0.6) is 0 Å². The third-order valence-corrected chi connectivity index (χ3v) is 4.76. The number of thiophene rings is 1. The summed E-state index contributed by atoms with van der Waals surface area (Å²) < 4.78 is 6.39. The first-order valence-electron chi connectivity index (χ1n) is 7.82. The summed E-state index contributed by atoms with van der Waals surface area (Å²) in [7, 11) is 0. The number of nitrogens with one attached hydrogen (secondary N) is 1. The second-order valence-corrected chi connectivity index (χ2v) is 6.74. The Bertz CT molecular complexity index is 984. The van der Waals surface area contributed by atoms with E-state index in [1.54, 1.807) is 36.6 Å². The molecule has 9 heteroatoms. The number of hydrogen-bond acceptors (Lipinski definition) is 6. The molecule has 0 saturated carbocycles. The molecule has 0 aliphatic rings. The van der Waals surface area contributed by atoms with Gasteiger partial charge in [0.1, 0.15) is 10.7 Å².